The number of nitrogens with one attached hydrogen (secondary N) is 1. The van der Waals surface area contributed by atoms with Gasteiger partial charge in [-0.2, -0.15) is 0 Å². The molecule has 17 heavy (non-hydrogen) atoms. The highest BCUT2D eigenvalue weighted by molar-refractivity contribution is 4.69. The van der Waals surface area contributed by atoms with Gasteiger partial charge in [0.15, 0.2) is 0 Å². The van der Waals surface area contributed by atoms with Crippen LogP contribution in [0.4, 0.5) is 0 Å². The quantitative estimate of drug-likeness (QED) is 0.584. The Hall–Kier alpha value is -0.120. The summed E-state index contributed by atoms with van der Waals surface area (Å²) in [4.78, 5) is 2.51. The van der Waals surface area contributed by atoms with Crippen molar-refractivity contribution in [3.63, 3.8) is 0 Å². The fourth-order valence-electron chi connectivity index (χ4n) is 2.18. The SMILES string of the molecule is CCNC(CO)CCN(CC)CC(CC)CC. The lowest BCUT2D eigenvalue weighted by molar-refractivity contribution is 0.193. The summed E-state index contributed by atoms with van der Waals surface area (Å²) in [6, 6.07) is 0.260. The first-order valence-electron chi connectivity index (χ1n) is 7.28. The Bertz CT molecular complexity index is 160. The van der Waals surface area contributed by atoms with Crippen molar-refractivity contribution in [1.82, 2.24) is 10.2 Å². The third-order valence-electron chi connectivity index (χ3n) is 3.63. The second kappa shape index (κ2) is 11.0. The molecule has 0 aliphatic rings. The second-order valence-corrected chi connectivity index (χ2v) is 4.80. The maximum Gasteiger partial charge on any atom is 0.0585 e. The molecule has 0 aliphatic carbocycles. The number of likely N-dealkylation sites (N-methyl/N-ethyl adjacent to an activating group) is 1. The summed E-state index contributed by atoms with van der Waals surface area (Å²) in [5.41, 5.74) is 0. The Kier molecular flexibility index (Phi) is 10.9. The van der Waals surface area contributed by atoms with Crippen molar-refractivity contribution < 1.29 is 5.11 Å². The minimum Gasteiger partial charge on any atom is -0.395 e. The smallest absolute Gasteiger partial charge is 0.0585 e. The fourth-order valence-corrected chi connectivity index (χ4v) is 2.18. The van der Waals surface area contributed by atoms with E-state index in [0.29, 0.717) is 0 Å². The van der Waals surface area contributed by atoms with E-state index in [2.05, 4.69) is 37.9 Å². The van der Waals surface area contributed by atoms with Crippen LogP contribution in [0.15, 0.2) is 0 Å². The van der Waals surface area contributed by atoms with Crippen molar-refractivity contribution in [2.45, 2.75) is 53.0 Å². The summed E-state index contributed by atoms with van der Waals surface area (Å²) in [6.07, 6.45) is 3.58. The molecule has 0 heterocycles. The summed E-state index contributed by atoms with van der Waals surface area (Å²) < 4.78 is 0. The predicted octanol–water partition coefficient (Wildman–Crippen LogP) is 2.10. The van der Waals surface area contributed by atoms with Crippen LogP contribution >= 0.6 is 0 Å². The van der Waals surface area contributed by atoms with Gasteiger partial charge in [0.25, 0.3) is 0 Å². The van der Waals surface area contributed by atoms with Crippen molar-refractivity contribution in [3.8, 4) is 0 Å². The van der Waals surface area contributed by atoms with Gasteiger partial charge >= 0.3 is 0 Å². The van der Waals surface area contributed by atoms with Crippen LogP contribution in [0.1, 0.15) is 47.0 Å². The van der Waals surface area contributed by atoms with Crippen LogP contribution in [0.5, 0.6) is 0 Å². The van der Waals surface area contributed by atoms with E-state index in [-0.39, 0.29) is 12.6 Å². The standard InChI is InChI=1S/C14H32N2O/c1-5-13(6-2)11-16(8-4)10-9-14(12-17)15-7-3/h13-15,17H,5-12H2,1-4H3. The molecule has 1 atom stereocenters. The summed E-state index contributed by atoms with van der Waals surface area (Å²) in [7, 11) is 0. The van der Waals surface area contributed by atoms with Crippen LogP contribution in [0, 0.1) is 5.92 Å². The van der Waals surface area contributed by atoms with E-state index in [9.17, 15) is 5.11 Å². The number of hydrogen-bond acceptors (Lipinski definition) is 3. The van der Waals surface area contributed by atoms with Crippen LogP contribution in [-0.4, -0.2) is 48.8 Å². The first-order chi connectivity index (χ1) is 8.21. The largest absolute Gasteiger partial charge is 0.395 e. The van der Waals surface area contributed by atoms with E-state index in [4.69, 9.17) is 0 Å². The van der Waals surface area contributed by atoms with E-state index >= 15 is 0 Å². The Morgan fingerprint density at radius 2 is 1.76 bits per heavy atom. The van der Waals surface area contributed by atoms with Crippen LogP contribution < -0.4 is 5.32 Å². The van der Waals surface area contributed by atoms with Crippen molar-refractivity contribution in [3.05, 3.63) is 0 Å². The van der Waals surface area contributed by atoms with Gasteiger partial charge < -0.3 is 15.3 Å². The molecular weight excluding hydrogens is 212 g/mol. The van der Waals surface area contributed by atoms with E-state index < -0.39 is 0 Å². The normalized spacial score (nSPS) is 13.6. The molecule has 0 aliphatic heterocycles. The highest BCUT2D eigenvalue weighted by Crippen LogP contribution is 2.10. The van der Waals surface area contributed by atoms with Crippen molar-refractivity contribution in [2.24, 2.45) is 5.92 Å². The molecule has 0 rings (SSSR count). The molecule has 2 N–H and O–H groups in total. The molecule has 0 saturated heterocycles. The first kappa shape index (κ1) is 16.9. The molecule has 0 fully saturated rings. The Morgan fingerprint density at radius 3 is 2.18 bits per heavy atom. The first-order valence-corrected chi connectivity index (χ1v) is 7.28. The van der Waals surface area contributed by atoms with Crippen LogP contribution in [0.2, 0.25) is 0 Å². The lowest BCUT2D eigenvalue weighted by Crippen LogP contribution is -2.38. The minimum atomic E-state index is 0.246. The van der Waals surface area contributed by atoms with Crippen molar-refractivity contribution in [1.29, 1.82) is 0 Å². The molecular formula is C14H32N2O. The van der Waals surface area contributed by atoms with Gasteiger partial charge in [0.2, 0.25) is 0 Å². The molecule has 0 spiro atoms. The van der Waals surface area contributed by atoms with Crippen molar-refractivity contribution in [2.75, 3.05) is 32.8 Å². The minimum absolute atomic E-state index is 0.246. The van der Waals surface area contributed by atoms with Gasteiger partial charge in [-0.1, -0.05) is 40.5 Å². The molecule has 0 aromatic heterocycles. The highest BCUT2D eigenvalue weighted by atomic mass is 16.3. The lowest BCUT2D eigenvalue weighted by Gasteiger charge is -2.27. The molecule has 0 amide bonds. The Morgan fingerprint density at radius 1 is 1.12 bits per heavy atom. The monoisotopic (exact) mass is 244 g/mol. The number of aliphatic hydroxyl groups excluding tert-OH is 1. The molecule has 3 heteroatoms. The second-order valence-electron chi connectivity index (χ2n) is 4.80. The van der Waals surface area contributed by atoms with E-state index in [1.54, 1.807) is 0 Å². The summed E-state index contributed by atoms with van der Waals surface area (Å²) in [6.45, 7) is 13.4. The zero-order valence-electron chi connectivity index (χ0n) is 12.2. The average Bonchev–Trinajstić information content (AvgIpc) is 2.37. The van der Waals surface area contributed by atoms with Gasteiger partial charge in [-0.15, -0.1) is 0 Å². The van der Waals surface area contributed by atoms with Crippen molar-refractivity contribution >= 4 is 0 Å². The third kappa shape index (κ3) is 7.74. The third-order valence-corrected chi connectivity index (χ3v) is 3.63. The van der Waals surface area contributed by atoms with E-state index in [0.717, 1.165) is 32.0 Å². The maximum atomic E-state index is 9.24. The van der Waals surface area contributed by atoms with Gasteiger partial charge in [0, 0.05) is 12.6 Å². The van der Waals surface area contributed by atoms with Gasteiger partial charge in [0.05, 0.1) is 6.61 Å². The van der Waals surface area contributed by atoms with Gasteiger partial charge in [-0.25, -0.2) is 0 Å². The lowest BCUT2D eigenvalue weighted by atomic mass is 10.0. The Labute approximate surface area is 108 Å². The van der Waals surface area contributed by atoms with Gasteiger partial charge in [-0.05, 0) is 32.0 Å². The molecule has 3 nitrogen and oxygen atoms in total. The highest BCUT2D eigenvalue weighted by Gasteiger charge is 2.12. The fraction of sp³-hybridized carbons (Fsp3) is 1.00. The molecule has 104 valence electrons. The zero-order valence-corrected chi connectivity index (χ0v) is 12.2. The predicted molar refractivity (Wildman–Crippen MR) is 75.4 cm³/mol. The summed E-state index contributed by atoms with van der Waals surface area (Å²) in [5.74, 6) is 0.821. The molecule has 0 bridgehead atoms. The number of nitrogens with zero attached hydrogens (tertiary/aromatic N) is 1. The topological polar surface area (TPSA) is 35.5 Å². The molecule has 0 saturated carbocycles. The van der Waals surface area contributed by atoms with Gasteiger partial charge in [0.1, 0.15) is 0 Å². The average molecular weight is 244 g/mol. The molecule has 1 unspecified atom stereocenters. The summed E-state index contributed by atoms with van der Waals surface area (Å²) in [5, 5.41) is 12.6. The van der Waals surface area contributed by atoms with E-state index in [1.165, 1.54) is 19.4 Å². The number of rotatable bonds is 11. The number of hydrogen-bond donors (Lipinski definition) is 2. The number of aliphatic hydroxyl groups is 1. The van der Waals surface area contributed by atoms with Crippen LogP contribution in [0.25, 0.3) is 0 Å². The molecule has 0 aromatic carbocycles. The van der Waals surface area contributed by atoms with E-state index in [1.807, 2.05) is 0 Å². The van der Waals surface area contributed by atoms with Gasteiger partial charge in [-0.3, -0.25) is 0 Å². The zero-order chi connectivity index (χ0) is 13.1. The van der Waals surface area contributed by atoms with Crippen LogP contribution in [0.3, 0.4) is 0 Å². The molecule has 0 aromatic rings. The van der Waals surface area contributed by atoms with Crippen LogP contribution in [-0.2, 0) is 0 Å². The maximum absolute atomic E-state index is 9.24. The Balaban J connectivity index is 3.94. The summed E-state index contributed by atoms with van der Waals surface area (Å²) >= 11 is 0. The molecule has 0 radical (unpaired) electrons.